The lowest BCUT2D eigenvalue weighted by Gasteiger charge is -2.32. The molecular weight excluding hydrogens is 495 g/mol. The molecule has 0 saturated heterocycles. The van der Waals surface area contributed by atoms with Gasteiger partial charge in [0.05, 0.1) is 13.2 Å². The average Bonchev–Trinajstić information content (AvgIpc) is 3.59. The third-order valence-electron chi connectivity index (χ3n) is 7.07. The van der Waals surface area contributed by atoms with Crippen LogP contribution in [0.15, 0.2) is 35.9 Å². The van der Waals surface area contributed by atoms with Crippen LogP contribution in [0.1, 0.15) is 82.8 Å². The van der Waals surface area contributed by atoms with E-state index >= 15 is 0 Å². The van der Waals surface area contributed by atoms with Gasteiger partial charge in [0.1, 0.15) is 11.5 Å². The third kappa shape index (κ3) is 7.78. The smallest absolute Gasteiger partial charge is 0.473 e. The van der Waals surface area contributed by atoms with Crippen molar-refractivity contribution in [2.24, 2.45) is 5.92 Å². The van der Waals surface area contributed by atoms with Crippen molar-refractivity contribution in [2.75, 3.05) is 20.3 Å². The van der Waals surface area contributed by atoms with E-state index in [2.05, 4.69) is 26.5 Å². The van der Waals surface area contributed by atoms with E-state index in [4.69, 9.17) is 18.5 Å². The van der Waals surface area contributed by atoms with Crippen molar-refractivity contribution in [1.82, 2.24) is 0 Å². The lowest BCUT2D eigenvalue weighted by atomic mass is 9.73. The van der Waals surface area contributed by atoms with Gasteiger partial charge in [-0.25, -0.2) is 9.36 Å². The summed E-state index contributed by atoms with van der Waals surface area (Å²) in [6, 6.07) is 3.56. The van der Waals surface area contributed by atoms with Crippen LogP contribution in [-0.2, 0) is 29.6 Å². The van der Waals surface area contributed by atoms with E-state index in [9.17, 15) is 19.4 Å². The van der Waals surface area contributed by atoms with Gasteiger partial charge in [-0.2, -0.15) is 0 Å². The number of ether oxygens (including phenoxy) is 2. The maximum absolute atomic E-state index is 13.3. The summed E-state index contributed by atoms with van der Waals surface area (Å²) >= 11 is 0. The number of rotatable bonds is 14. The van der Waals surface area contributed by atoms with Crippen LogP contribution in [0.3, 0.4) is 0 Å². The highest BCUT2D eigenvalue weighted by atomic mass is 31.2. The van der Waals surface area contributed by atoms with Gasteiger partial charge in [-0.1, -0.05) is 43.6 Å². The number of phosphoric ester groups is 1. The average molecular weight is 537 g/mol. The van der Waals surface area contributed by atoms with Gasteiger partial charge in [-0.3, -0.25) is 9.05 Å². The molecule has 3 atom stereocenters. The quantitative estimate of drug-likeness (QED) is 0.0929. The molecule has 206 valence electrons. The molecule has 9 heteroatoms. The fraction of sp³-hybridized carbons (Fsp3) is 0.607. The van der Waals surface area contributed by atoms with E-state index in [-0.39, 0.29) is 49.4 Å². The van der Waals surface area contributed by atoms with Crippen LogP contribution in [0.4, 0.5) is 0 Å². The number of hydrogen-bond acceptors (Lipinski definition) is 7. The Labute approximate surface area is 220 Å². The number of hydrogen-bond donors (Lipinski definition) is 2. The van der Waals surface area contributed by atoms with Crippen molar-refractivity contribution < 1.29 is 37.9 Å². The molecule has 2 aliphatic rings. The molecule has 0 aromatic heterocycles. The van der Waals surface area contributed by atoms with Gasteiger partial charge in [0.25, 0.3) is 0 Å². The van der Waals surface area contributed by atoms with E-state index in [1.807, 2.05) is 6.92 Å². The summed E-state index contributed by atoms with van der Waals surface area (Å²) in [5, 5.41) is 11.2. The monoisotopic (exact) mass is 536 g/mol. The number of allylic oxidation sites excluding steroid dienone is 3. The minimum atomic E-state index is -4.50. The van der Waals surface area contributed by atoms with Crippen molar-refractivity contribution in [3.63, 3.8) is 0 Å². The third-order valence-corrected chi connectivity index (χ3v) is 8.16. The first-order valence-electron chi connectivity index (χ1n) is 13.1. The van der Waals surface area contributed by atoms with Crippen LogP contribution in [-0.4, -0.2) is 41.9 Å². The summed E-state index contributed by atoms with van der Waals surface area (Å²) in [4.78, 5) is 23.4. The van der Waals surface area contributed by atoms with Gasteiger partial charge in [-0.05, 0) is 76.0 Å². The van der Waals surface area contributed by atoms with E-state index in [1.165, 1.54) is 12.7 Å². The molecule has 1 unspecified atom stereocenters. The van der Waals surface area contributed by atoms with Crippen molar-refractivity contribution in [2.45, 2.75) is 83.7 Å². The number of unbranched alkanes of at least 4 members (excludes halogenated alkanes) is 2. The van der Waals surface area contributed by atoms with Gasteiger partial charge < -0.3 is 19.5 Å². The summed E-state index contributed by atoms with van der Waals surface area (Å²) in [7, 11) is -3.06. The van der Waals surface area contributed by atoms with Crippen molar-refractivity contribution in [3.8, 4) is 11.5 Å². The Morgan fingerprint density at radius 2 is 1.97 bits per heavy atom. The zero-order valence-electron chi connectivity index (χ0n) is 22.5. The molecule has 1 saturated carbocycles. The summed E-state index contributed by atoms with van der Waals surface area (Å²) in [5.41, 5.74) is 2.02. The predicted octanol–water partition coefficient (Wildman–Crippen LogP) is 6.36. The highest BCUT2D eigenvalue weighted by Crippen LogP contribution is 2.56. The zero-order valence-corrected chi connectivity index (χ0v) is 23.4. The Bertz CT molecular complexity index is 1060. The number of methoxy groups -OCH3 is 1. The molecule has 0 radical (unpaired) electrons. The molecule has 1 aromatic rings. The molecule has 0 aliphatic heterocycles. The first-order valence-corrected chi connectivity index (χ1v) is 14.6. The first-order chi connectivity index (χ1) is 17.5. The minimum absolute atomic E-state index is 0.0699. The highest BCUT2D eigenvalue weighted by Gasteiger charge is 2.58. The largest absolute Gasteiger partial charge is 0.507 e. The van der Waals surface area contributed by atoms with E-state index in [1.54, 1.807) is 12.1 Å². The zero-order chi connectivity index (χ0) is 27.2. The van der Waals surface area contributed by atoms with Crippen LogP contribution in [0.2, 0.25) is 0 Å². The Morgan fingerprint density at radius 3 is 2.59 bits per heavy atom. The number of aryl methyl sites for hydroxylation is 1. The van der Waals surface area contributed by atoms with Crippen LogP contribution in [0.25, 0.3) is 0 Å². The number of esters is 1. The lowest BCUT2D eigenvalue weighted by molar-refractivity contribution is -0.145. The van der Waals surface area contributed by atoms with Gasteiger partial charge in [0, 0.05) is 18.6 Å². The van der Waals surface area contributed by atoms with Crippen LogP contribution in [0.5, 0.6) is 11.5 Å². The molecule has 2 N–H and O–H groups in total. The molecule has 0 heterocycles. The van der Waals surface area contributed by atoms with Gasteiger partial charge in [0.15, 0.2) is 5.60 Å². The molecule has 1 aromatic carbocycles. The van der Waals surface area contributed by atoms with Crippen LogP contribution in [0, 0.1) is 5.92 Å². The number of carbonyl (C=O) groups is 1. The number of phenolic OH excluding ortho intramolecular Hbond substituents is 1. The number of phosphoric acid groups is 1. The Hall–Kier alpha value is -1.96. The number of aromatic hydroxyl groups is 1. The second kappa shape index (κ2) is 12.7. The second-order valence-corrected chi connectivity index (χ2v) is 11.7. The molecule has 1 fully saturated rings. The maximum atomic E-state index is 13.3. The Kier molecular flexibility index (Phi) is 10.2. The molecule has 2 aliphatic carbocycles. The summed E-state index contributed by atoms with van der Waals surface area (Å²) < 4.78 is 33.3. The predicted molar refractivity (Wildman–Crippen MR) is 142 cm³/mol. The van der Waals surface area contributed by atoms with Gasteiger partial charge >= 0.3 is 13.8 Å². The first kappa shape index (κ1) is 29.6. The Balaban J connectivity index is 1.93. The van der Waals surface area contributed by atoms with Crippen LogP contribution >= 0.6 is 7.82 Å². The molecule has 8 nitrogen and oxygen atoms in total. The molecular formula is C28H41O8P. The van der Waals surface area contributed by atoms with E-state index < -0.39 is 19.4 Å². The van der Waals surface area contributed by atoms with E-state index in [0.29, 0.717) is 5.56 Å². The van der Waals surface area contributed by atoms with E-state index in [0.717, 1.165) is 49.7 Å². The highest BCUT2D eigenvalue weighted by molar-refractivity contribution is 7.47. The van der Waals surface area contributed by atoms with Crippen LogP contribution < -0.4 is 4.74 Å². The topological polar surface area (TPSA) is 112 Å². The Morgan fingerprint density at radius 1 is 1.24 bits per heavy atom. The van der Waals surface area contributed by atoms with Crippen molar-refractivity contribution in [1.29, 1.82) is 0 Å². The minimum Gasteiger partial charge on any atom is -0.507 e. The second-order valence-electron chi connectivity index (χ2n) is 10.3. The fourth-order valence-corrected chi connectivity index (χ4v) is 5.90. The summed E-state index contributed by atoms with van der Waals surface area (Å²) in [6.45, 7) is 10.3. The number of benzene rings is 1. The molecule has 0 bridgehead atoms. The van der Waals surface area contributed by atoms with Gasteiger partial charge in [-0.15, -0.1) is 0 Å². The standard InChI is InChI=1S/C28H41O8P/c1-6-7-8-9-21-17-24(29)26(23-16-20(4)10-11-22(23)19(2)3)25(18-21)35-27(30)28(12-13-28)36-37(31,32)34-15-14-33-5/h16-18,22-23,29H,2,6-15H2,1,3-5H3,(H,31,32)/t22-,23+/m0/s1. The fourth-order valence-electron chi connectivity index (χ4n) is 4.84. The number of phenols is 1. The molecule has 3 rings (SSSR count). The maximum Gasteiger partial charge on any atom is 0.473 e. The summed E-state index contributed by atoms with van der Waals surface area (Å²) in [5.74, 6) is -0.582. The SMILES string of the molecule is C=C(C)[C@@H]1CCC(C)=C[C@H]1c1c(O)cc(CCCCC)cc1OC(=O)C1(OP(=O)(O)OCCOC)CC1. The van der Waals surface area contributed by atoms with Crippen molar-refractivity contribution in [3.05, 3.63) is 47.1 Å². The number of carbonyl (C=O) groups excluding carboxylic acids is 1. The molecule has 37 heavy (non-hydrogen) atoms. The molecule has 0 spiro atoms. The van der Waals surface area contributed by atoms with Gasteiger partial charge in [0.2, 0.25) is 0 Å². The lowest BCUT2D eigenvalue weighted by Crippen LogP contribution is -2.31. The normalized spacial score (nSPS) is 22.1. The summed E-state index contributed by atoms with van der Waals surface area (Å²) in [6.07, 6.45) is 8.18. The van der Waals surface area contributed by atoms with Crippen molar-refractivity contribution >= 4 is 13.8 Å². The molecule has 0 amide bonds.